The molecule has 17 heavy (non-hydrogen) atoms. The SMILES string of the molecule is C=CCN(CCOC)C(=O)Cn1ccc(N)n1. The van der Waals surface area contributed by atoms with Gasteiger partial charge in [-0.15, -0.1) is 6.58 Å². The van der Waals surface area contributed by atoms with Crippen LogP contribution in [0.5, 0.6) is 0 Å². The number of nitrogens with zero attached hydrogens (tertiary/aromatic N) is 3. The number of amides is 1. The first-order valence-corrected chi connectivity index (χ1v) is 5.34. The van der Waals surface area contributed by atoms with Gasteiger partial charge >= 0.3 is 0 Å². The van der Waals surface area contributed by atoms with Crippen LogP contribution in [0.3, 0.4) is 0 Å². The summed E-state index contributed by atoms with van der Waals surface area (Å²) in [7, 11) is 1.60. The molecule has 0 aliphatic heterocycles. The Morgan fingerprint density at radius 2 is 2.53 bits per heavy atom. The maximum Gasteiger partial charge on any atom is 0.244 e. The Morgan fingerprint density at radius 1 is 1.76 bits per heavy atom. The van der Waals surface area contributed by atoms with Crippen LogP contribution in [-0.4, -0.2) is 47.4 Å². The highest BCUT2D eigenvalue weighted by Gasteiger charge is 2.12. The maximum absolute atomic E-state index is 11.9. The van der Waals surface area contributed by atoms with E-state index in [4.69, 9.17) is 10.5 Å². The second-order valence-electron chi connectivity index (χ2n) is 3.56. The first kappa shape index (κ1) is 13.2. The largest absolute Gasteiger partial charge is 0.383 e. The van der Waals surface area contributed by atoms with Crippen LogP contribution in [0, 0.1) is 0 Å². The van der Waals surface area contributed by atoms with Gasteiger partial charge in [0.1, 0.15) is 12.4 Å². The van der Waals surface area contributed by atoms with E-state index in [1.807, 2.05) is 0 Å². The number of hydrogen-bond acceptors (Lipinski definition) is 4. The molecule has 94 valence electrons. The smallest absolute Gasteiger partial charge is 0.244 e. The van der Waals surface area contributed by atoms with E-state index < -0.39 is 0 Å². The molecule has 0 aliphatic carbocycles. The Labute approximate surface area is 101 Å². The van der Waals surface area contributed by atoms with Crippen LogP contribution in [0.1, 0.15) is 0 Å². The summed E-state index contributed by atoms with van der Waals surface area (Å²) >= 11 is 0. The number of aromatic nitrogens is 2. The molecule has 0 unspecified atom stereocenters. The van der Waals surface area contributed by atoms with Crippen LogP contribution in [0.25, 0.3) is 0 Å². The number of methoxy groups -OCH3 is 1. The fourth-order valence-corrected chi connectivity index (χ4v) is 1.38. The topological polar surface area (TPSA) is 73.4 Å². The summed E-state index contributed by atoms with van der Waals surface area (Å²) in [5.74, 6) is 0.370. The van der Waals surface area contributed by atoms with Gasteiger partial charge in [-0.2, -0.15) is 5.10 Å². The summed E-state index contributed by atoms with van der Waals surface area (Å²) < 4.78 is 6.47. The van der Waals surface area contributed by atoms with Gasteiger partial charge in [0.25, 0.3) is 0 Å². The molecule has 0 aromatic carbocycles. The van der Waals surface area contributed by atoms with Gasteiger partial charge in [0.05, 0.1) is 6.61 Å². The zero-order valence-corrected chi connectivity index (χ0v) is 10.0. The van der Waals surface area contributed by atoms with Gasteiger partial charge in [0.15, 0.2) is 0 Å². The second-order valence-corrected chi connectivity index (χ2v) is 3.56. The van der Waals surface area contributed by atoms with E-state index in [0.717, 1.165) is 0 Å². The van der Waals surface area contributed by atoms with E-state index in [-0.39, 0.29) is 12.5 Å². The minimum Gasteiger partial charge on any atom is -0.383 e. The third-order valence-corrected chi connectivity index (χ3v) is 2.23. The Balaban J connectivity index is 2.54. The van der Waals surface area contributed by atoms with E-state index in [1.165, 1.54) is 4.68 Å². The van der Waals surface area contributed by atoms with Gasteiger partial charge < -0.3 is 15.4 Å². The van der Waals surface area contributed by atoms with E-state index in [1.54, 1.807) is 30.3 Å². The van der Waals surface area contributed by atoms with E-state index in [2.05, 4.69) is 11.7 Å². The summed E-state index contributed by atoms with van der Waals surface area (Å²) in [6, 6.07) is 1.65. The van der Waals surface area contributed by atoms with Crippen molar-refractivity contribution in [3.63, 3.8) is 0 Å². The van der Waals surface area contributed by atoms with Gasteiger partial charge in [-0.3, -0.25) is 9.48 Å². The Bertz CT molecular complexity index is 375. The van der Waals surface area contributed by atoms with Crippen molar-refractivity contribution in [2.45, 2.75) is 6.54 Å². The van der Waals surface area contributed by atoms with Crippen molar-refractivity contribution in [2.75, 3.05) is 32.5 Å². The van der Waals surface area contributed by atoms with Crippen molar-refractivity contribution < 1.29 is 9.53 Å². The number of rotatable bonds is 7. The van der Waals surface area contributed by atoms with Gasteiger partial charge in [-0.1, -0.05) is 6.08 Å². The van der Waals surface area contributed by atoms with Crippen molar-refractivity contribution in [1.82, 2.24) is 14.7 Å². The van der Waals surface area contributed by atoms with Gasteiger partial charge in [0, 0.05) is 26.4 Å². The van der Waals surface area contributed by atoms with Crippen LogP contribution in [0.4, 0.5) is 5.82 Å². The number of ether oxygens (including phenoxy) is 1. The summed E-state index contributed by atoms with van der Waals surface area (Å²) in [5.41, 5.74) is 5.48. The average Bonchev–Trinajstić information content (AvgIpc) is 2.70. The Morgan fingerprint density at radius 3 is 3.06 bits per heavy atom. The molecule has 1 aromatic heterocycles. The fraction of sp³-hybridized carbons (Fsp3) is 0.455. The third-order valence-electron chi connectivity index (χ3n) is 2.23. The lowest BCUT2D eigenvalue weighted by Crippen LogP contribution is -2.36. The number of anilines is 1. The van der Waals surface area contributed by atoms with Crippen LogP contribution in [0.2, 0.25) is 0 Å². The summed E-state index contributed by atoms with van der Waals surface area (Å²) in [6.45, 7) is 5.34. The minimum atomic E-state index is -0.0370. The normalized spacial score (nSPS) is 10.2. The summed E-state index contributed by atoms with van der Waals surface area (Å²) in [6.07, 6.45) is 3.36. The molecule has 0 saturated heterocycles. The van der Waals surface area contributed by atoms with E-state index >= 15 is 0 Å². The molecule has 2 N–H and O–H groups in total. The van der Waals surface area contributed by atoms with Gasteiger partial charge in [-0.05, 0) is 6.07 Å². The van der Waals surface area contributed by atoms with Crippen LogP contribution < -0.4 is 5.73 Å². The Kier molecular flexibility index (Phi) is 5.22. The molecular formula is C11H18N4O2. The maximum atomic E-state index is 11.9. The number of hydrogen-bond donors (Lipinski definition) is 1. The standard InChI is InChI=1S/C11H18N4O2/c1-3-5-14(7-8-17-2)11(16)9-15-6-4-10(12)13-15/h3-4,6H,1,5,7-9H2,2H3,(H2,12,13). The van der Waals surface area contributed by atoms with Crippen molar-refractivity contribution >= 4 is 11.7 Å². The molecule has 1 rings (SSSR count). The molecule has 6 heteroatoms. The molecule has 1 aromatic rings. The minimum absolute atomic E-state index is 0.0370. The van der Waals surface area contributed by atoms with Crippen molar-refractivity contribution in [1.29, 1.82) is 0 Å². The van der Waals surface area contributed by atoms with Crippen molar-refractivity contribution in [3.05, 3.63) is 24.9 Å². The van der Waals surface area contributed by atoms with Crippen molar-refractivity contribution in [2.24, 2.45) is 0 Å². The second kappa shape index (κ2) is 6.70. The number of nitrogens with two attached hydrogens (primary N) is 1. The molecule has 1 heterocycles. The monoisotopic (exact) mass is 238 g/mol. The van der Waals surface area contributed by atoms with Gasteiger partial charge in [0.2, 0.25) is 5.91 Å². The lowest BCUT2D eigenvalue weighted by Gasteiger charge is -2.20. The van der Waals surface area contributed by atoms with Gasteiger partial charge in [-0.25, -0.2) is 0 Å². The molecular weight excluding hydrogens is 220 g/mol. The highest BCUT2D eigenvalue weighted by atomic mass is 16.5. The molecule has 0 bridgehead atoms. The predicted octanol–water partition coefficient (Wildman–Crippen LogP) is 0.126. The zero-order chi connectivity index (χ0) is 12.7. The lowest BCUT2D eigenvalue weighted by atomic mass is 10.4. The first-order valence-electron chi connectivity index (χ1n) is 5.34. The average molecular weight is 238 g/mol. The number of nitrogen functional groups attached to an aromatic ring is 1. The number of carbonyl (C=O) groups excluding carboxylic acids is 1. The quantitative estimate of drug-likeness (QED) is 0.685. The predicted molar refractivity (Wildman–Crippen MR) is 65.3 cm³/mol. The Hall–Kier alpha value is -1.82. The summed E-state index contributed by atoms with van der Waals surface area (Å²) in [4.78, 5) is 13.6. The first-order chi connectivity index (χ1) is 8.17. The highest BCUT2D eigenvalue weighted by Crippen LogP contribution is 1.98. The highest BCUT2D eigenvalue weighted by molar-refractivity contribution is 5.76. The van der Waals surface area contributed by atoms with Crippen LogP contribution in [-0.2, 0) is 16.1 Å². The molecule has 0 fully saturated rings. The fourth-order valence-electron chi connectivity index (χ4n) is 1.38. The van der Waals surface area contributed by atoms with E-state index in [9.17, 15) is 4.79 Å². The molecule has 6 nitrogen and oxygen atoms in total. The molecule has 1 amide bonds. The molecule has 0 atom stereocenters. The molecule has 0 saturated carbocycles. The third kappa shape index (κ3) is 4.28. The number of carbonyl (C=O) groups is 1. The zero-order valence-electron chi connectivity index (χ0n) is 10.0. The molecule has 0 radical (unpaired) electrons. The summed E-state index contributed by atoms with van der Waals surface area (Å²) in [5, 5.41) is 3.96. The van der Waals surface area contributed by atoms with Crippen LogP contribution >= 0.6 is 0 Å². The van der Waals surface area contributed by atoms with E-state index in [0.29, 0.717) is 25.5 Å². The van der Waals surface area contributed by atoms with Crippen molar-refractivity contribution in [3.8, 4) is 0 Å². The molecule has 0 spiro atoms. The molecule has 0 aliphatic rings. The van der Waals surface area contributed by atoms with Crippen LogP contribution in [0.15, 0.2) is 24.9 Å². The lowest BCUT2D eigenvalue weighted by molar-refractivity contribution is -0.132.